The predicted molar refractivity (Wildman–Crippen MR) is 122 cm³/mol. The van der Waals surface area contributed by atoms with Crippen LogP contribution in [0.1, 0.15) is 49.3 Å². The minimum atomic E-state index is -0.804. The average molecular weight is 439 g/mol. The third kappa shape index (κ3) is 4.70. The smallest absolute Gasteiger partial charge is 0.275 e. The van der Waals surface area contributed by atoms with Crippen molar-refractivity contribution in [2.75, 3.05) is 39.3 Å². The van der Waals surface area contributed by atoms with Gasteiger partial charge in [-0.05, 0) is 51.3 Å². The molecule has 4 heterocycles. The second kappa shape index (κ2) is 9.81. The lowest BCUT2D eigenvalue weighted by molar-refractivity contribution is -0.146. The average Bonchev–Trinajstić information content (AvgIpc) is 3.33. The number of aryl methyl sites for hydroxylation is 1. The standard InChI is InChI=1S/C24H34N6O2/c1-3-29-15-10-21(26-29)22(31)30-13-7-5-11-24(30,2)23(32)28-18-16-27(17-19-28)14-9-20-8-4-6-12-25-20/h4,6,8,10,12,15H,3,5,7,9,11,13-14,16-19H2,1-2H3. The summed E-state index contributed by atoms with van der Waals surface area (Å²) in [7, 11) is 0. The third-order valence-electron chi connectivity index (χ3n) is 6.85. The first-order valence-corrected chi connectivity index (χ1v) is 11.8. The summed E-state index contributed by atoms with van der Waals surface area (Å²) in [5.74, 6) is -0.0633. The van der Waals surface area contributed by atoms with E-state index in [0.717, 1.165) is 44.6 Å². The Hall–Kier alpha value is -2.74. The summed E-state index contributed by atoms with van der Waals surface area (Å²) >= 11 is 0. The van der Waals surface area contributed by atoms with Gasteiger partial charge in [-0.3, -0.25) is 24.2 Å². The molecular weight excluding hydrogens is 404 g/mol. The third-order valence-corrected chi connectivity index (χ3v) is 6.85. The van der Waals surface area contributed by atoms with Crippen molar-refractivity contribution in [2.24, 2.45) is 0 Å². The van der Waals surface area contributed by atoms with Crippen molar-refractivity contribution in [1.29, 1.82) is 0 Å². The largest absolute Gasteiger partial charge is 0.338 e. The molecular formula is C24H34N6O2. The highest BCUT2D eigenvalue weighted by molar-refractivity contribution is 5.98. The fraction of sp³-hybridized carbons (Fsp3) is 0.583. The van der Waals surface area contributed by atoms with Gasteiger partial charge in [0.2, 0.25) is 5.91 Å². The number of rotatable bonds is 6. The zero-order valence-corrected chi connectivity index (χ0v) is 19.2. The number of piperazine rings is 1. The van der Waals surface area contributed by atoms with E-state index < -0.39 is 5.54 Å². The van der Waals surface area contributed by atoms with Gasteiger partial charge < -0.3 is 9.80 Å². The van der Waals surface area contributed by atoms with Crippen molar-refractivity contribution in [3.8, 4) is 0 Å². The number of aromatic nitrogens is 3. The normalized spacial score (nSPS) is 22.2. The number of nitrogens with zero attached hydrogens (tertiary/aromatic N) is 6. The van der Waals surface area contributed by atoms with Crippen molar-refractivity contribution in [2.45, 2.75) is 51.6 Å². The summed E-state index contributed by atoms with van der Waals surface area (Å²) in [4.78, 5) is 37.4. The Morgan fingerprint density at radius 2 is 1.88 bits per heavy atom. The lowest BCUT2D eigenvalue weighted by Gasteiger charge is -2.47. The highest BCUT2D eigenvalue weighted by Gasteiger charge is 2.46. The van der Waals surface area contributed by atoms with Crippen LogP contribution in [0.5, 0.6) is 0 Å². The van der Waals surface area contributed by atoms with Crippen molar-refractivity contribution in [3.05, 3.63) is 48.0 Å². The van der Waals surface area contributed by atoms with Crippen molar-refractivity contribution in [1.82, 2.24) is 29.5 Å². The summed E-state index contributed by atoms with van der Waals surface area (Å²) in [5.41, 5.74) is 0.717. The van der Waals surface area contributed by atoms with Crippen LogP contribution in [0.3, 0.4) is 0 Å². The molecule has 0 bridgehead atoms. The molecule has 0 aliphatic carbocycles. The number of carbonyl (C=O) groups excluding carboxylic acids is 2. The van der Waals surface area contributed by atoms with Crippen LogP contribution in [0.2, 0.25) is 0 Å². The first-order valence-electron chi connectivity index (χ1n) is 11.8. The van der Waals surface area contributed by atoms with E-state index in [4.69, 9.17) is 0 Å². The molecule has 1 unspecified atom stereocenters. The minimum Gasteiger partial charge on any atom is -0.338 e. The highest BCUT2D eigenvalue weighted by Crippen LogP contribution is 2.31. The Kier molecular flexibility index (Phi) is 6.89. The summed E-state index contributed by atoms with van der Waals surface area (Å²) in [6.07, 6.45) is 7.14. The van der Waals surface area contributed by atoms with Gasteiger partial charge in [0.1, 0.15) is 11.2 Å². The lowest BCUT2D eigenvalue weighted by atomic mass is 9.86. The van der Waals surface area contributed by atoms with Gasteiger partial charge in [-0.25, -0.2) is 0 Å². The Morgan fingerprint density at radius 1 is 1.06 bits per heavy atom. The number of piperidine rings is 1. The van der Waals surface area contributed by atoms with Crippen LogP contribution in [0.4, 0.5) is 0 Å². The molecule has 2 amide bonds. The molecule has 32 heavy (non-hydrogen) atoms. The number of pyridine rings is 1. The molecule has 8 nitrogen and oxygen atoms in total. The molecule has 2 fully saturated rings. The van der Waals surface area contributed by atoms with E-state index in [-0.39, 0.29) is 11.8 Å². The van der Waals surface area contributed by atoms with E-state index in [1.807, 2.05) is 43.3 Å². The Labute approximate surface area is 190 Å². The molecule has 2 aliphatic rings. The number of carbonyl (C=O) groups is 2. The molecule has 2 saturated heterocycles. The summed E-state index contributed by atoms with van der Waals surface area (Å²) in [6.45, 7) is 9.29. The molecule has 0 aromatic carbocycles. The van der Waals surface area contributed by atoms with Crippen LogP contribution in [-0.2, 0) is 17.8 Å². The molecule has 1 atom stereocenters. The summed E-state index contributed by atoms with van der Waals surface area (Å²) in [6, 6.07) is 7.76. The van der Waals surface area contributed by atoms with Gasteiger partial charge in [0.15, 0.2) is 0 Å². The van der Waals surface area contributed by atoms with Crippen molar-refractivity contribution in [3.63, 3.8) is 0 Å². The summed E-state index contributed by atoms with van der Waals surface area (Å²) in [5, 5.41) is 4.39. The van der Waals surface area contributed by atoms with E-state index in [1.54, 1.807) is 15.6 Å². The molecule has 2 aromatic rings. The highest BCUT2D eigenvalue weighted by atomic mass is 16.2. The van der Waals surface area contributed by atoms with Crippen LogP contribution in [-0.4, -0.2) is 86.1 Å². The van der Waals surface area contributed by atoms with E-state index in [1.165, 1.54) is 0 Å². The fourth-order valence-electron chi connectivity index (χ4n) is 4.79. The molecule has 0 spiro atoms. The number of hydrogen-bond donors (Lipinski definition) is 0. The molecule has 2 aliphatic heterocycles. The van der Waals surface area contributed by atoms with Gasteiger partial charge in [0, 0.05) is 70.3 Å². The molecule has 2 aromatic heterocycles. The van der Waals surface area contributed by atoms with Crippen LogP contribution < -0.4 is 0 Å². The lowest BCUT2D eigenvalue weighted by Crippen LogP contribution is -2.63. The zero-order valence-electron chi connectivity index (χ0n) is 19.2. The SMILES string of the molecule is CCn1ccc(C(=O)N2CCCCC2(C)C(=O)N2CCN(CCc3ccccn3)CC2)n1. The topological polar surface area (TPSA) is 74.6 Å². The van der Waals surface area contributed by atoms with Gasteiger partial charge in [-0.2, -0.15) is 5.10 Å². The van der Waals surface area contributed by atoms with Crippen LogP contribution >= 0.6 is 0 Å². The van der Waals surface area contributed by atoms with Gasteiger partial charge in [-0.15, -0.1) is 0 Å². The van der Waals surface area contributed by atoms with Crippen LogP contribution in [0.25, 0.3) is 0 Å². The first-order chi connectivity index (χ1) is 15.5. The van der Waals surface area contributed by atoms with Crippen molar-refractivity contribution >= 4 is 11.8 Å². The number of amides is 2. The maximum atomic E-state index is 13.6. The monoisotopic (exact) mass is 438 g/mol. The first kappa shape index (κ1) is 22.5. The quantitative estimate of drug-likeness (QED) is 0.690. The predicted octanol–water partition coefficient (Wildman–Crippen LogP) is 2.07. The fourth-order valence-corrected chi connectivity index (χ4v) is 4.79. The van der Waals surface area contributed by atoms with Gasteiger partial charge >= 0.3 is 0 Å². The number of likely N-dealkylation sites (tertiary alicyclic amines) is 1. The van der Waals surface area contributed by atoms with E-state index in [0.29, 0.717) is 38.3 Å². The molecule has 0 radical (unpaired) electrons. The van der Waals surface area contributed by atoms with Gasteiger partial charge in [0.05, 0.1) is 0 Å². The Balaban J connectivity index is 1.38. The molecule has 8 heteroatoms. The molecule has 0 N–H and O–H groups in total. The maximum Gasteiger partial charge on any atom is 0.275 e. The van der Waals surface area contributed by atoms with Crippen molar-refractivity contribution < 1.29 is 9.59 Å². The zero-order chi connectivity index (χ0) is 22.6. The second-order valence-electron chi connectivity index (χ2n) is 8.95. The molecule has 0 saturated carbocycles. The van der Waals surface area contributed by atoms with E-state index in [9.17, 15) is 9.59 Å². The van der Waals surface area contributed by atoms with E-state index in [2.05, 4.69) is 21.0 Å². The van der Waals surface area contributed by atoms with Gasteiger partial charge in [-0.1, -0.05) is 6.07 Å². The molecule has 172 valence electrons. The van der Waals surface area contributed by atoms with Gasteiger partial charge in [0.25, 0.3) is 5.91 Å². The molecule has 4 rings (SSSR count). The number of hydrogen-bond acceptors (Lipinski definition) is 5. The van der Waals surface area contributed by atoms with Crippen LogP contribution in [0.15, 0.2) is 36.7 Å². The maximum absolute atomic E-state index is 13.6. The Morgan fingerprint density at radius 3 is 2.56 bits per heavy atom. The van der Waals surface area contributed by atoms with E-state index >= 15 is 0 Å². The second-order valence-corrected chi connectivity index (χ2v) is 8.95. The Bertz CT molecular complexity index is 922. The van der Waals surface area contributed by atoms with Crippen LogP contribution in [0, 0.1) is 0 Å². The minimum absolute atomic E-state index is 0.0739. The summed E-state index contributed by atoms with van der Waals surface area (Å²) < 4.78 is 1.75.